The monoisotopic (exact) mass is 491 g/mol. The van der Waals surface area contributed by atoms with Gasteiger partial charge in [-0.15, -0.1) is 0 Å². The fraction of sp³-hybridized carbons (Fsp3) is 0.609. The van der Waals surface area contributed by atoms with E-state index in [9.17, 15) is 19.2 Å². The van der Waals surface area contributed by atoms with Crippen molar-refractivity contribution in [3.63, 3.8) is 0 Å². The van der Waals surface area contributed by atoms with Crippen molar-refractivity contribution in [3.05, 3.63) is 34.6 Å². The van der Waals surface area contributed by atoms with E-state index in [0.29, 0.717) is 12.2 Å². The maximum atomic E-state index is 12.5. The first-order chi connectivity index (χ1) is 16.7. The Labute approximate surface area is 203 Å². The number of rotatable bonds is 5. The Kier molecular flexibility index (Phi) is 9.24. The molecular weight excluding hydrogens is 458 g/mol. The number of aromatic nitrogens is 2. The summed E-state index contributed by atoms with van der Waals surface area (Å²) < 4.78 is 7.11. The number of anilines is 1. The average molecular weight is 492 g/mol. The summed E-state index contributed by atoms with van der Waals surface area (Å²) in [6.07, 6.45) is 6.47. The summed E-state index contributed by atoms with van der Waals surface area (Å²) >= 11 is 0. The predicted molar refractivity (Wildman–Crippen MR) is 126 cm³/mol. The molecule has 35 heavy (non-hydrogen) atoms. The first kappa shape index (κ1) is 26.2. The highest BCUT2D eigenvalue weighted by Gasteiger charge is 2.31. The summed E-state index contributed by atoms with van der Waals surface area (Å²) in [4.78, 5) is 49.6. The molecule has 2 saturated heterocycles. The number of carbonyl (C=O) groups excluding carboxylic acids is 1. The van der Waals surface area contributed by atoms with E-state index in [4.69, 9.17) is 14.9 Å². The largest absolute Gasteiger partial charge is 0.478 e. The van der Waals surface area contributed by atoms with Crippen molar-refractivity contribution >= 4 is 23.8 Å². The van der Waals surface area contributed by atoms with Gasteiger partial charge in [0.1, 0.15) is 11.9 Å². The van der Waals surface area contributed by atoms with Crippen molar-refractivity contribution in [3.8, 4) is 0 Å². The van der Waals surface area contributed by atoms with Gasteiger partial charge in [0.2, 0.25) is 0 Å². The van der Waals surface area contributed by atoms with Crippen LogP contribution in [0.2, 0.25) is 0 Å². The number of nitrogens with zero attached hydrogens (tertiary/aromatic N) is 5. The lowest BCUT2D eigenvalue weighted by Gasteiger charge is -2.43. The molecule has 2 N–H and O–H groups in total. The molecule has 0 atom stereocenters. The van der Waals surface area contributed by atoms with Crippen molar-refractivity contribution < 1.29 is 29.3 Å². The first-order valence-corrected chi connectivity index (χ1v) is 11.9. The van der Waals surface area contributed by atoms with Gasteiger partial charge < -0.3 is 24.7 Å². The molecule has 3 fully saturated rings. The molecular formula is C23H33N5O7. The smallest absolute Gasteiger partial charge is 0.410 e. The van der Waals surface area contributed by atoms with Gasteiger partial charge in [0, 0.05) is 83.4 Å². The van der Waals surface area contributed by atoms with Crippen LogP contribution >= 0.6 is 0 Å². The third-order valence-electron chi connectivity index (χ3n) is 6.51. The van der Waals surface area contributed by atoms with E-state index < -0.39 is 11.9 Å². The summed E-state index contributed by atoms with van der Waals surface area (Å²) in [5.74, 6) is -1.71. The van der Waals surface area contributed by atoms with Gasteiger partial charge >= 0.3 is 18.0 Å². The van der Waals surface area contributed by atoms with Crippen LogP contribution in [0, 0.1) is 0 Å². The normalized spacial score (nSPS) is 19.6. The Morgan fingerprint density at radius 2 is 1.54 bits per heavy atom. The number of aliphatic carboxylic acids is 2. The van der Waals surface area contributed by atoms with Gasteiger partial charge in [-0.2, -0.15) is 5.10 Å². The third-order valence-corrected chi connectivity index (χ3v) is 6.51. The van der Waals surface area contributed by atoms with Gasteiger partial charge in [-0.05, 0) is 18.9 Å². The molecule has 0 radical (unpaired) electrons. The van der Waals surface area contributed by atoms with Gasteiger partial charge in [0.25, 0.3) is 5.56 Å². The minimum atomic E-state index is -1.26. The SMILES string of the molecule is Cn1nc(N2CCC(OC(=O)N3CCN(C4CCC4)CC3)CC2)ccc1=O.O=C(O)/C=C/C(=O)O. The Bertz CT molecular complexity index is 959. The highest BCUT2D eigenvalue weighted by Crippen LogP contribution is 2.26. The number of piperidine rings is 1. The van der Waals surface area contributed by atoms with E-state index in [1.165, 1.54) is 30.0 Å². The maximum Gasteiger partial charge on any atom is 0.410 e. The Hall–Kier alpha value is -3.41. The van der Waals surface area contributed by atoms with E-state index in [1.807, 2.05) is 4.90 Å². The standard InChI is InChI=1S/C19H29N5O3.C4H4O4/c1-21-18(25)6-5-17(20-21)23-9-7-16(8-10-23)27-19(26)24-13-11-22(12-14-24)15-3-2-4-15;5-3(6)1-2-4(7)8/h5-6,15-16H,2-4,7-14H2,1H3;1-2H,(H,5,6)(H,7,8)/b;2-1+. The van der Waals surface area contributed by atoms with E-state index in [-0.39, 0.29) is 17.8 Å². The third kappa shape index (κ3) is 7.81. The number of amides is 1. The lowest BCUT2D eigenvalue weighted by molar-refractivity contribution is -0.134. The molecule has 4 rings (SSSR count). The molecule has 0 bridgehead atoms. The number of hydrogen-bond donors (Lipinski definition) is 2. The second-order valence-corrected chi connectivity index (χ2v) is 8.84. The topological polar surface area (TPSA) is 146 Å². The number of ether oxygens (including phenoxy) is 1. The summed E-state index contributed by atoms with van der Waals surface area (Å²) in [5, 5.41) is 19.9. The minimum absolute atomic E-state index is 0.0362. The fourth-order valence-electron chi connectivity index (χ4n) is 4.24. The zero-order valence-electron chi connectivity index (χ0n) is 19.9. The Morgan fingerprint density at radius 3 is 2.03 bits per heavy atom. The maximum absolute atomic E-state index is 12.5. The molecule has 3 aliphatic rings. The van der Waals surface area contributed by atoms with Crippen LogP contribution in [-0.4, -0.2) is 99.2 Å². The Balaban J connectivity index is 0.000000371. The number of carbonyl (C=O) groups is 3. The molecule has 1 amide bonds. The number of aryl methyl sites for hydroxylation is 1. The van der Waals surface area contributed by atoms with Gasteiger partial charge in [-0.25, -0.2) is 19.1 Å². The zero-order valence-corrected chi connectivity index (χ0v) is 19.9. The Morgan fingerprint density at radius 1 is 0.943 bits per heavy atom. The molecule has 3 heterocycles. The molecule has 2 aliphatic heterocycles. The molecule has 1 aliphatic carbocycles. The van der Waals surface area contributed by atoms with Crippen molar-refractivity contribution in [2.75, 3.05) is 44.2 Å². The number of carboxylic acid groups (broad SMARTS) is 2. The van der Waals surface area contributed by atoms with E-state index in [2.05, 4.69) is 14.9 Å². The van der Waals surface area contributed by atoms with Crippen LogP contribution in [0.3, 0.4) is 0 Å². The number of hydrogen-bond acceptors (Lipinski definition) is 8. The van der Waals surface area contributed by atoms with Crippen molar-refractivity contribution in [2.24, 2.45) is 7.05 Å². The van der Waals surface area contributed by atoms with Gasteiger partial charge in [-0.3, -0.25) is 9.69 Å². The van der Waals surface area contributed by atoms with Gasteiger partial charge in [-0.1, -0.05) is 6.42 Å². The quantitative estimate of drug-likeness (QED) is 0.566. The van der Waals surface area contributed by atoms with Crippen molar-refractivity contribution in [1.82, 2.24) is 19.6 Å². The summed E-state index contributed by atoms with van der Waals surface area (Å²) in [7, 11) is 1.66. The molecule has 1 saturated carbocycles. The second kappa shape index (κ2) is 12.3. The molecule has 0 spiro atoms. The predicted octanol–water partition coefficient (Wildman–Crippen LogP) is 0.768. The summed E-state index contributed by atoms with van der Waals surface area (Å²) in [6.45, 7) is 5.04. The molecule has 12 heteroatoms. The van der Waals surface area contributed by atoms with Crippen molar-refractivity contribution in [1.29, 1.82) is 0 Å². The summed E-state index contributed by atoms with van der Waals surface area (Å²) in [6, 6.07) is 4.05. The van der Waals surface area contributed by atoms with E-state index >= 15 is 0 Å². The first-order valence-electron chi connectivity index (χ1n) is 11.9. The van der Waals surface area contributed by atoms with E-state index in [1.54, 1.807) is 13.1 Å². The van der Waals surface area contributed by atoms with Crippen LogP contribution in [-0.2, 0) is 21.4 Å². The average Bonchev–Trinajstić information content (AvgIpc) is 2.80. The molecule has 1 aromatic heterocycles. The van der Waals surface area contributed by atoms with Crippen LogP contribution in [0.15, 0.2) is 29.1 Å². The lowest BCUT2D eigenvalue weighted by atomic mass is 9.91. The molecule has 1 aromatic rings. The van der Waals surface area contributed by atoms with Crippen LogP contribution in [0.5, 0.6) is 0 Å². The fourth-order valence-corrected chi connectivity index (χ4v) is 4.24. The van der Waals surface area contributed by atoms with Crippen LogP contribution in [0.4, 0.5) is 10.6 Å². The molecule has 0 aromatic carbocycles. The highest BCUT2D eigenvalue weighted by molar-refractivity contribution is 5.89. The van der Waals surface area contributed by atoms with E-state index in [0.717, 1.165) is 64.0 Å². The highest BCUT2D eigenvalue weighted by atomic mass is 16.6. The molecule has 12 nitrogen and oxygen atoms in total. The number of carboxylic acids is 2. The molecule has 192 valence electrons. The lowest BCUT2D eigenvalue weighted by Crippen LogP contribution is -2.54. The number of piperazine rings is 1. The summed E-state index contributed by atoms with van der Waals surface area (Å²) in [5.41, 5.74) is -0.111. The van der Waals surface area contributed by atoms with Crippen molar-refractivity contribution in [2.45, 2.75) is 44.2 Å². The van der Waals surface area contributed by atoms with Crippen LogP contribution in [0.25, 0.3) is 0 Å². The second-order valence-electron chi connectivity index (χ2n) is 8.84. The van der Waals surface area contributed by atoms with Gasteiger partial charge in [0.05, 0.1) is 0 Å². The molecule has 0 unspecified atom stereocenters. The van der Waals surface area contributed by atoms with Crippen LogP contribution in [0.1, 0.15) is 32.1 Å². The van der Waals surface area contributed by atoms with Gasteiger partial charge in [0.15, 0.2) is 0 Å². The zero-order chi connectivity index (χ0) is 25.4. The van der Waals surface area contributed by atoms with Crippen LogP contribution < -0.4 is 10.5 Å². The minimum Gasteiger partial charge on any atom is -0.478 e.